The Morgan fingerprint density at radius 1 is 1.10 bits per heavy atom. The maximum atomic E-state index is 12.1. The number of ether oxygens (including phenoxy) is 2. The third-order valence-electron chi connectivity index (χ3n) is 3.50. The smallest absolute Gasteiger partial charge is 0.299 e. The number of nitrogens with zero attached hydrogens (tertiary/aromatic N) is 1. The van der Waals surface area contributed by atoms with Crippen LogP contribution in [0.2, 0.25) is 0 Å². The fourth-order valence-corrected chi connectivity index (χ4v) is 2.61. The summed E-state index contributed by atoms with van der Waals surface area (Å²) in [5.74, 6) is -0.840. The molecule has 5 heteroatoms. The van der Waals surface area contributed by atoms with Gasteiger partial charge in [-0.2, -0.15) is 0 Å². The predicted molar refractivity (Wildman–Crippen MR) is 79.9 cm³/mol. The second-order valence-corrected chi connectivity index (χ2v) is 5.22. The van der Waals surface area contributed by atoms with Gasteiger partial charge in [0.05, 0.1) is 24.5 Å². The van der Waals surface area contributed by atoms with Crippen LogP contribution in [0.4, 0.5) is 5.69 Å². The SMILES string of the molecule is COCCOCCCN1C(=O)C(=O)c2cc(C)cc(C)c21. The highest BCUT2D eigenvalue weighted by atomic mass is 16.5. The maximum Gasteiger partial charge on any atom is 0.299 e. The van der Waals surface area contributed by atoms with Crippen molar-refractivity contribution in [3.63, 3.8) is 0 Å². The zero-order valence-electron chi connectivity index (χ0n) is 12.8. The Balaban J connectivity index is 2.02. The molecule has 1 aliphatic heterocycles. The molecule has 1 aromatic carbocycles. The molecule has 1 amide bonds. The molecule has 0 fully saturated rings. The third-order valence-corrected chi connectivity index (χ3v) is 3.50. The molecule has 0 spiro atoms. The number of carbonyl (C=O) groups excluding carboxylic acids is 2. The lowest BCUT2D eigenvalue weighted by molar-refractivity contribution is -0.114. The van der Waals surface area contributed by atoms with Gasteiger partial charge in [-0.15, -0.1) is 0 Å². The lowest BCUT2D eigenvalue weighted by Gasteiger charge is -2.18. The fourth-order valence-electron chi connectivity index (χ4n) is 2.61. The van der Waals surface area contributed by atoms with Gasteiger partial charge in [0, 0.05) is 20.3 Å². The van der Waals surface area contributed by atoms with Crippen LogP contribution in [0.5, 0.6) is 0 Å². The van der Waals surface area contributed by atoms with Crippen molar-refractivity contribution >= 4 is 17.4 Å². The van der Waals surface area contributed by atoms with E-state index in [4.69, 9.17) is 9.47 Å². The minimum atomic E-state index is -0.435. The van der Waals surface area contributed by atoms with Gasteiger partial charge < -0.3 is 14.4 Å². The number of Topliss-reactive ketones (excluding diaryl/α,β-unsaturated/α-hetero) is 1. The molecule has 21 heavy (non-hydrogen) atoms. The minimum absolute atomic E-state index is 0.405. The van der Waals surface area contributed by atoms with Crippen LogP contribution in [0, 0.1) is 13.8 Å². The van der Waals surface area contributed by atoms with Gasteiger partial charge in [0.2, 0.25) is 0 Å². The average Bonchev–Trinajstić information content (AvgIpc) is 2.68. The van der Waals surface area contributed by atoms with E-state index in [1.807, 2.05) is 19.9 Å². The number of rotatable bonds is 7. The lowest BCUT2D eigenvalue weighted by Crippen LogP contribution is -2.31. The Kier molecular flexibility index (Phi) is 5.09. The average molecular weight is 291 g/mol. The number of benzene rings is 1. The third kappa shape index (κ3) is 3.31. The van der Waals surface area contributed by atoms with Crippen molar-refractivity contribution in [2.24, 2.45) is 0 Å². The molecule has 0 radical (unpaired) electrons. The van der Waals surface area contributed by atoms with Crippen LogP contribution in [0.25, 0.3) is 0 Å². The van der Waals surface area contributed by atoms with Crippen molar-refractivity contribution in [2.45, 2.75) is 20.3 Å². The number of methoxy groups -OCH3 is 1. The molecule has 0 N–H and O–H groups in total. The lowest BCUT2D eigenvalue weighted by atomic mass is 10.0. The molecule has 2 rings (SSSR count). The summed E-state index contributed by atoms with van der Waals surface area (Å²) in [6, 6.07) is 3.78. The molecule has 0 aromatic heterocycles. The molecule has 1 aliphatic rings. The number of carbonyl (C=O) groups is 2. The van der Waals surface area contributed by atoms with E-state index in [0.29, 0.717) is 38.3 Å². The second kappa shape index (κ2) is 6.83. The molecule has 0 saturated heterocycles. The van der Waals surface area contributed by atoms with Gasteiger partial charge in [-0.1, -0.05) is 6.07 Å². The summed E-state index contributed by atoms with van der Waals surface area (Å²) in [5, 5.41) is 0. The topological polar surface area (TPSA) is 55.8 Å². The Hall–Kier alpha value is -1.72. The van der Waals surface area contributed by atoms with Crippen LogP contribution >= 0.6 is 0 Å². The van der Waals surface area contributed by atoms with Gasteiger partial charge in [0.25, 0.3) is 11.7 Å². The molecule has 0 saturated carbocycles. The van der Waals surface area contributed by atoms with Crippen LogP contribution in [0.15, 0.2) is 12.1 Å². The van der Waals surface area contributed by atoms with Gasteiger partial charge >= 0.3 is 0 Å². The van der Waals surface area contributed by atoms with Gasteiger partial charge in [0.1, 0.15) is 0 Å². The van der Waals surface area contributed by atoms with Crippen molar-refractivity contribution in [1.82, 2.24) is 0 Å². The summed E-state index contributed by atoms with van der Waals surface area (Å²) in [4.78, 5) is 25.7. The highest BCUT2D eigenvalue weighted by molar-refractivity contribution is 6.52. The summed E-state index contributed by atoms with van der Waals surface area (Å²) >= 11 is 0. The summed E-state index contributed by atoms with van der Waals surface area (Å²) in [6.45, 7) is 5.99. The van der Waals surface area contributed by atoms with Crippen molar-refractivity contribution < 1.29 is 19.1 Å². The maximum absolute atomic E-state index is 12.1. The fraction of sp³-hybridized carbons (Fsp3) is 0.500. The molecule has 5 nitrogen and oxygen atoms in total. The normalized spacial score (nSPS) is 14.0. The number of aryl methyl sites for hydroxylation is 2. The standard InChI is InChI=1S/C16H21NO4/c1-11-9-12(2)14-13(10-11)15(18)16(19)17(14)5-4-6-21-8-7-20-3/h9-10H,4-8H2,1-3H3. The van der Waals surface area contributed by atoms with Gasteiger partial charge in [0.15, 0.2) is 0 Å². The van der Waals surface area contributed by atoms with Gasteiger partial charge in [-0.25, -0.2) is 0 Å². The monoisotopic (exact) mass is 291 g/mol. The summed E-state index contributed by atoms with van der Waals surface area (Å²) < 4.78 is 10.3. The first-order valence-electron chi connectivity index (χ1n) is 7.10. The van der Waals surface area contributed by atoms with Crippen LogP contribution in [-0.2, 0) is 14.3 Å². The molecule has 1 heterocycles. The Bertz CT molecular complexity index is 553. The van der Waals surface area contributed by atoms with Crippen LogP contribution in [-0.4, -0.2) is 45.2 Å². The molecule has 114 valence electrons. The van der Waals surface area contributed by atoms with E-state index >= 15 is 0 Å². The first kappa shape index (κ1) is 15.7. The number of amides is 1. The molecular weight excluding hydrogens is 270 g/mol. The quantitative estimate of drug-likeness (QED) is 0.568. The molecule has 0 atom stereocenters. The van der Waals surface area contributed by atoms with E-state index < -0.39 is 11.7 Å². The minimum Gasteiger partial charge on any atom is -0.382 e. The van der Waals surface area contributed by atoms with Crippen LogP contribution in [0.3, 0.4) is 0 Å². The van der Waals surface area contributed by atoms with Crippen LogP contribution < -0.4 is 4.90 Å². The molecule has 1 aromatic rings. The molecular formula is C16H21NO4. The Labute approximate surface area is 124 Å². The summed E-state index contributed by atoms with van der Waals surface area (Å²) in [5.41, 5.74) is 3.24. The highest BCUT2D eigenvalue weighted by Gasteiger charge is 2.36. The van der Waals surface area contributed by atoms with Crippen LogP contribution in [0.1, 0.15) is 27.9 Å². The van der Waals surface area contributed by atoms with E-state index in [-0.39, 0.29) is 0 Å². The van der Waals surface area contributed by atoms with E-state index in [2.05, 4.69) is 0 Å². The van der Waals surface area contributed by atoms with Crippen molar-refractivity contribution in [3.8, 4) is 0 Å². The zero-order chi connectivity index (χ0) is 15.4. The van der Waals surface area contributed by atoms with E-state index in [1.165, 1.54) is 0 Å². The molecule has 0 aliphatic carbocycles. The van der Waals surface area contributed by atoms with E-state index in [1.54, 1.807) is 18.1 Å². The number of fused-ring (bicyclic) bond motifs is 1. The largest absolute Gasteiger partial charge is 0.382 e. The van der Waals surface area contributed by atoms with Crippen molar-refractivity contribution in [1.29, 1.82) is 0 Å². The highest BCUT2D eigenvalue weighted by Crippen LogP contribution is 2.33. The second-order valence-electron chi connectivity index (χ2n) is 5.22. The summed E-state index contributed by atoms with van der Waals surface area (Å²) in [7, 11) is 1.62. The van der Waals surface area contributed by atoms with E-state index in [0.717, 1.165) is 16.8 Å². The van der Waals surface area contributed by atoms with Crippen molar-refractivity contribution in [2.75, 3.05) is 38.4 Å². The van der Waals surface area contributed by atoms with Gasteiger partial charge in [-0.3, -0.25) is 9.59 Å². The number of hydrogen-bond acceptors (Lipinski definition) is 4. The predicted octanol–water partition coefficient (Wildman–Crippen LogP) is 1.89. The molecule has 0 bridgehead atoms. The Morgan fingerprint density at radius 2 is 1.86 bits per heavy atom. The zero-order valence-corrected chi connectivity index (χ0v) is 12.8. The van der Waals surface area contributed by atoms with Gasteiger partial charge in [-0.05, 0) is 37.5 Å². The van der Waals surface area contributed by atoms with E-state index in [9.17, 15) is 9.59 Å². The molecule has 0 unspecified atom stereocenters. The number of ketones is 1. The van der Waals surface area contributed by atoms with Crippen molar-refractivity contribution in [3.05, 3.63) is 28.8 Å². The first-order chi connectivity index (χ1) is 10.1. The first-order valence-corrected chi connectivity index (χ1v) is 7.10. The Morgan fingerprint density at radius 3 is 2.57 bits per heavy atom. The number of anilines is 1. The summed E-state index contributed by atoms with van der Waals surface area (Å²) in [6.07, 6.45) is 0.690. The number of hydrogen-bond donors (Lipinski definition) is 0.